The predicted molar refractivity (Wildman–Crippen MR) is 132 cm³/mol. The summed E-state index contributed by atoms with van der Waals surface area (Å²) in [6.45, 7) is 2.59. The van der Waals surface area contributed by atoms with Crippen LogP contribution in [0.15, 0.2) is 65.7 Å². The highest BCUT2D eigenvalue weighted by molar-refractivity contribution is 6.06. The second-order valence-corrected chi connectivity index (χ2v) is 9.02. The molecule has 1 saturated heterocycles. The number of oxime groups is 1. The number of nitrogens with zero attached hydrogens (tertiary/aromatic N) is 4. The van der Waals surface area contributed by atoms with Gasteiger partial charge >= 0.3 is 11.7 Å². The molecule has 1 aromatic heterocycles. The van der Waals surface area contributed by atoms with Gasteiger partial charge in [-0.25, -0.2) is 22.9 Å². The number of ether oxygens (including phenoxy) is 2. The summed E-state index contributed by atoms with van der Waals surface area (Å²) < 4.78 is 56.5. The Morgan fingerprint density at radius 2 is 1.97 bits per heavy atom. The number of hydrogen-bond donors (Lipinski definition) is 0. The van der Waals surface area contributed by atoms with Gasteiger partial charge in [-0.15, -0.1) is 0 Å². The molecule has 0 radical (unpaired) electrons. The summed E-state index contributed by atoms with van der Waals surface area (Å²) in [5, 5.41) is 4.07. The molecule has 0 saturated carbocycles. The van der Waals surface area contributed by atoms with Gasteiger partial charge in [0.1, 0.15) is 11.6 Å². The minimum atomic E-state index is -3.23. The summed E-state index contributed by atoms with van der Waals surface area (Å²) in [5.74, 6) is -4.13. The molecule has 0 N–H and O–H groups in total. The van der Waals surface area contributed by atoms with E-state index in [1.807, 2.05) is 13.1 Å². The van der Waals surface area contributed by atoms with Gasteiger partial charge in [-0.1, -0.05) is 11.2 Å². The van der Waals surface area contributed by atoms with E-state index in [0.717, 1.165) is 28.4 Å². The smallest absolute Gasteiger partial charge is 0.380 e. The summed E-state index contributed by atoms with van der Waals surface area (Å²) in [6, 6.07) is 10.1. The number of piperidine rings is 1. The average molecular weight is 527 g/mol. The largest absolute Gasteiger partial charge is 0.495 e. The van der Waals surface area contributed by atoms with Crippen LogP contribution in [-0.2, 0) is 20.1 Å². The molecule has 2 aliphatic heterocycles. The van der Waals surface area contributed by atoms with Crippen molar-refractivity contribution in [2.75, 3.05) is 20.3 Å². The Balaban J connectivity index is 1.57. The third-order valence-electron chi connectivity index (χ3n) is 6.35. The first-order valence-electron chi connectivity index (χ1n) is 11.9. The van der Waals surface area contributed by atoms with E-state index < -0.39 is 36.4 Å². The van der Waals surface area contributed by atoms with Crippen LogP contribution in [0.3, 0.4) is 0 Å². The number of esters is 1. The number of hydrogen-bond acceptors (Lipinski definition) is 7. The fourth-order valence-corrected chi connectivity index (χ4v) is 4.67. The first-order chi connectivity index (χ1) is 18.2. The second-order valence-electron chi connectivity index (χ2n) is 9.02. The van der Waals surface area contributed by atoms with E-state index >= 15 is 8.78 Å². The molecule has 2 aromatic carbocycles. The molecule has 0 bridgehead atoms. The Hall–Kier alpha value is -4.28. The molecular formula is C27H25F3N4O4. The number of carbonyl (C=O) groups is 1. The lowest BCUT2D eigenvalue weighted by Gasteiger charge is -2.40. The van der Waals surface area contributed by atoms with Crippen molar-refractivity contribution in [3.8, 4) is 11.4 Å². The first-order valence-corrected chi connectivity index (χ1v) is 11.9. The van der Waals surface area contributed by atoms with Crippen LogP contribution in [0, 0.1) is 12.7 Å². The lowest BCUT2D eigenvalue weighted by atomic mass is 9.92. The second kappa shape index (κ2) is 9.55. The van der Waals surface area contributed by atoms with Gasteiger partial charge in [0, 0.05) is 23.8 Å². The van der Waals surface area contributed by atoms with Gasteiger partial charge in [0.15, 0.2) is 5.84 Å². The minimum absolute atomic E-state index is 0.0179. The molecule has 0 amide bonds. The number of alkyl halides is 2. The van der Waals surface area contributed by atoms with Crippen LogP contribution in [0.25, 0.3) is 11.8 Å². The van der Waals surface area contributed by atoms with Gasteiger partial charge in [0.25, 0.3) is 5.92 Å². The van der Waals surface area contributed by atoms with Crippen LogP contribution in [0.2, 0.25) is 0 Å². The van der Waals surface area contributed by atoms with Crippen molar-refractivity contribution in [2.45, 2.75) is 31.9 Å². The third kappa shape index (κ3) is 4.37. The van der Waals surface area contributed by atoms with E-state index in [4.69, 9.17) is 14.3 Å². The number of amidine groups is 1. The normalized spacial score (nSPS) is 21.1. The quantitative estimate of drug-likeness (QED) is 0.429. The lowest BCUT2D eigenvalue weighted by molar-refractivity contribution is -0.195. The topological polar surface area (TPSA) is 78.2 Å². The van der Waals surface area contributed by atoms with Crippen LogP contribution < -0.4 is 4.74 Å². The predicted octanol–water partition coefficient (Wildman–Crippen LogP) is 4.81. The number of benzene rings is 2. The zero-order valence-corrected chi connectivity index (χ0v) is 21.0. The molecule has 0 spiro atoms. The molecule has 5 rings (SSSR count). The zero-order valence-electron chi connectivity index (χ0n) is 21.0. The Bertz CT molecular complexity index is 1430. The van der Waals surface area contributed by atoms with Crippen LogP contribution in [-0.4, -0.2) is 52.4 Å². The average Bonchev–Trinajstić information content (AvgIpc) is 3.48. The minimum Gasteiger partial charge on any atom is -0.495 e. The van der Waals surface area contributed by atoms with Crippen LogP contribution >= 0.6 is 0 Å². The van der Waals surface area contributed by atoms with Crippen molar-refractivity contribution in [3.63, 3.8) is 0 Å². The Kier molecular flexibility index (Phi) is 6.38. The number of imidazole rings is 1. The van der Waals surface area contributed by atoms with E-state index in [9.17, 15) is 9.18 Å². The van der Waals surface area contributed by atoms with E-state index in [1.54, 1.807) is 42.1 Å². The fraction of sp³-hybridized carbons (Fsp3) is 0.296. The monoisotopic (exact) mass is 526 g/mol. The Morgan fingerprint density at radius 3 is 2.63 bits per heavy atom. The van der Waals surface area contributed by atoms with Crippen LogP contribution in [0.5, 0.6) is 5.75 Å². The molecule has 2 aliphatic rings. The van der Waals surface area contributed by atoms with Crippen molar-refractivity contribution in [3.05, 3.63) is 83.2 Å². The van der Waals surface area contributed by atoms with Gasteiger partial charge in [-0.3, -0.25) is 4.90 Å². The summed E-state index contributed by atoms with van der Waals surface area (Å²) >= 11 is 0. The summed E-state index contributed by atoms with van der Waals surface area (Å²) in [7, 11) is 1.52. The zero-order chi connectivity index (χ0) is 27.1. The number of aromatic nitrogens is 2. The third-order valence-corrected chi connectivity index (χ3v) is 6.35. The molecule has 8 nitrogen and oxygen atoms in total. The summed E-state index contributed by atoms with van der Waals surface area (Å²) in [4.78, 5) is 24.1. The molecule has 0 unspecified atom stereocenters. The molecule has 1 atom stereocenters. The van der Waals surface area contributed by atoms with Gasteiger partial charge in [-0.05, 0) is 61.9 Å². The number of carbonyl (C=O) groups excluding carboxylic acids is 1. The maximum absolute atomic E-state index is 15.2. The van der Waals surface area contributed by atoms with Gasteiger partial charge in [0.2, 0.25) is 0 Å². The maximum Gasteiger partial charge on any atom is 0.380 e. The van der Waals surface area contributed by atoms with Gasteiger partial charge < -0.3 is 18.9 Å². The molecule has 11 heteroatoms. The molecule has 198 valence electrons. The first kappa shape index (κ1) is 25.4. The van der Waals surface area contributed by atoms with Crippen LogP contribution in [0.4, 0.5) is 13.2 Å². The Morgan fingerprint density at radius 1 is 1.21 bits per heavy atom. The lowest BCUT2D eigenvalue weighted by Crippen LogP contribution is -2.58. The van der Waals surface area contributed by atoms with E-state index in [-0.39, 0.29) is 23.6 Å². The molecule has 3 aromatic rings. The number of methoxy groups -OCH3 is 1. The van der Waals surface area contributed by atoms with Crippen molar-refractivity contribution < 1.29 is 32.3 Å². The van der Waals surface area contributed by atoms with E-state index in [2.05, 4.69) is 10.1 Å². The number of fused-ring (bicyclic) bond motifs is 1. The summed E-state index contributed by atoms with van der Waals surface area (Å²) in [5.41, 5.74) is 0.284. The highest BCUT2D eigenvalue weighted by Gasteiger charge is 2.61. The van der Waals surface area contributed by atoms with E-state index in [1.165, 1.54) is 19.2 Å². The van der Waals surface area contributed by atoms with Crippen molar-refractivity contribution in [1.82, 2.24) is 14.5 Å². The summed E-state index contributed by atoms with van der Waals surface area (Å²) in [6.07, 6.45) is 4.42. The van der Waals surface area contributed by atoms with Crippen molar-refractivity contribution in [2.24, 2.45) is 5.16 Å². The number of rotatable bonds is 6. The van der Waals surface area contributed by atoms with Crippen molar-refractivity contribution in [1.29, 1.82) is 0 Å². The fourth-order valence-electron chi connectivity index (χ4n) is 4.67. The highest BCUT2D eigenvalue weighted by Crippen LogP contribution is 2.45. The number of aryl methyl sites for hydroxylation is 1. The van der Waals surface area contributed by atoms with Crippen molar-refractivity contribution >= 4 is 17.9 Å². The Labute approximate surface area is 216 Å². The SMILES string of the molecule is CCOC(=O)[C@@]1(c2ccc(F)cc2)ON=C2C(=Cc3ccc(-n4cnc(C)c4)c(OC)c3)CC(F)(F)CN21. The maximum atomic E-state index is 15.2. The standard InChI is InChI=1S/C27H25F3N4O4/c1-4-37-25(35)27(20-6-8-21(28)9-7-20)34-15-26(29,30)13-19(24(34)32-38-27)11-18-5-10-22(23(12-18)36-3)33-14-17(2)31-16-33/h5-12,14,16H,4,13,15H2,1-3H3/t27-/m1/s1. The van der Waals surface area contributed by atoms with Crippen LogP contribution in [0.1, 0.15) is 30.2 Å². The molecule has 0 aliphatic carbocycles. The number of halogens is 3. The highest BCUT2D eigenvalue weighted by atomic mass is 19.3. The van der Waals surface area contributed by atoms with Gasteiger partial charge in [0.05, 0.1) is 38.0 Å². The molecule has 3 heterocycles. The molecular weight excluding hydrogens is 501 g/mol. The molecule has 1 fully saturated rings. The van der Waals surface area contributed by atoms with E-state index in [0.29, 0.717) is 11.3 Å². The molecule has 38 heavy (non-hydrogen) atoms. The van der Waals surface area contributed by atoms with Gasteiger partial charge in [-0.2, -0.15) is 0 Å².